The molecule has 4 nitrogen and oxygen atoms in total. The second-order valence-corrected chi connectivity index (χ2v) is 3.70. The molecule has 0 radical (unpaired) electrons. The number of esters is 1. The second kappa shape index (κ2) is 5.84. The predicted octanol–water partition coefficient (Wildman–Crippen LogP) is 2.92. The third kappa shape index (κ3) is 4.06. The van der Waals surface area contributed by atoms with E-state index >= 15 is 0 Å². The third-order valence-corrected chi connectivity index (χ3v) is 2.39. The van der Waals surface area contributed by atoms with Crippen LogP contribution in [-0.4, -0.2) is 18.9 Å². The van der Waals surface area contributed by atoms with Gasteiger partial charge in [-0.2, -0.15) is 5.26 Å². The van der Waals surface area contributed by atoms with Crippen molar-refractivity contribution in [1.82, 2.24) is 0 Å². The minimum Gasteiger partial charge on any atom is -0.462 e. The lowest BCUT2D eigenvalue weighted by Crippen LogP contribution is -2.18. The van der Waals surface area contributed by atoms with E-state index in [2.05, 4.69) is 22.1 Å². The maximum absolute atomic E-state index is 12.2. The van der Waals surface area contributed by atoms with Gasteiger partial charge in [0.05, 0.1) is 22.6 Å². The van der Waals surface area contributed by atoms with Crippen LogP contribution in [0.15, 0.2) is 17.0 Å². The van der Waals surface area contributed by atoms with Crippen LogP contribution in [0.4, 0.5) is 13.2 Å². The highest BCUT2D eigenvalue weighted by Crippen LogP contribution is 2.32. The Bertz CT molecular complexity index is 537. The smallest absolute Gasteiger partial charge is 0.462 e. The van der Waals surface area contributed by atoms with Crippen molar-refractivity contribution in [3.63, 3.8) is 0 Å². The quantitative estimate of drug-likeness (QED) is 0.687. The van der Waals surface area contributed by atoms with Gasteiger partial charge < -0.3 is 9.47 Å². The maximum Gasteiger partial charge on any atom is 0.573 e. The number of ether oxygens (including phenoxy) is 2. The molecule has 0 saturated heterocycles. The number of nitriles is 1. The Morgan fingerprint density at radius 1 is 1.47 bits per heavy atom. The number of thiol groups is 1. The van der Waals surface area contributed by atoms with Gasteiger partial charge in [-0.05, 0) is 19.1 Å². The molecule has 0 saturated carbocycles. The van der Waals surface area contributed by atoms with Crippen LogP contribution in [0.1, 0.15) is 22.8 Å². The molecule has 8 heteroatoms. The van der Waals surface area contributed by atoms with E-state index in [0.29, 0.717) is 0 Å². The Morgan fingerprint density at radius 2 is 2.11 bits per heavy atom. The minimum atomic E-state index is -4.95. The van der Waals surface area contributed by atoms with Crippen LogP contribution in [0.5, 0.6) is 5.75 Å². The maximum atomic E-state index is 12.2. The van der Waals surface area contributed by atoms with Gasteiger partial charge in [0, 0.05) is 0 Å². The van der Waals surface area contributed by atoms with E-state index in [9.17, 15) is 18.0 Å². The normalized spacial score (nSPS) is 10.7. The van der Waals surface area contributed by atoms with Crippen molar-refractivity contribution in [1.29, 1.82) is 5.26 Å². The lowest BCUT2D eigenvalue weighted by atomic mass is 10.1. The summed E-state index contributed by atoms with van der Waals surface area (Å²) < 4.78 is 44.9. The van der Waals surface area contributed by atoms with Crippen molar-refractivity contribution in [3.05, 3.63) is 23.3 Å². The van der Waals surface area contributed by atoms with Crippen LogP contribution in [0.2, 0.25) is 0 Å². The zero-order valence-corrected chi connectivity index (χ0v) is 10.5. The molecule has 0 spiro atoms. The monoisotopic (exact) mass is 291 g/mol. The summed E-state index contributed by atoms with van der Waals surface area (Å²) in [5.41, 5.74) is -0.427. The first-order chi connectivity index (χ1) is 8.78. The number of nitrogens with zero attached hydrogens (tertiary/aromatic N) is 1. The summed E-state index contributed by atoms with van der Waals surface area (Å²) in [5.74, 6) is -1.57. The van der Waals surface area contributed by atoms with Crippen LogP contribution < -0.4 is 4.74 Å². The lowest BCUT2D eigenvalue weighted by molar-refractivity contribution is -0.275. The van der Waals surface area contributed by atoms with Crippen LogP contribution in [-0.2, 0) is 4.74 Å². The van der Waals surface area contributed by atoms with E-state index in [-0.39, 0.29) is 22.6 Å². The van der Waals surface area contributed by atoms with Crippen molar-refractivity contribution >= 4 is 18.6 Å². The summed E-state index contributed by atoms with van der Waals surface area (Å²) in [6, 6.07) is 3.54. The van der Waals surface area contributed by atoms with E-state index in [0.717, 1.165) is 12.1 Å². The van der Waals surface area contributed by atoms with Crippen molar-refractivity contribution in [2.75, 3.05) is 6.61 Å². The highest BCUT2D eigenvalue weighted by Gasteiger charge is 2.33. The molecule has 1 aromatic rings. The van der Waals surface area contributed by atoms with Crippen LogP contribution >= 0.6 is 12.6 Å². The standard InChI is InChI=1S/C11H8F3NO3S/c1-2-17-10(16)6-3-7(5-15)9(19)8(4-6)18-11(12,13)14/h3-4,19H,2H2,1H3. The fourth-order valence-electron chi connectivity index (χ4n) is 1.23. The molecule has 0 heterocycles. The van der Waals surface area contributed by atoms with Gasteiger partial charge >= 0.3 is 12.3 Å². The van der Waals surface area contributed by atoms with E-state index in [1.165, 1.54) is 0 Å². The van der Waals surface area contributed by atoms with E-state index in [1.807, 2.05) is 0 Å². The molecule has 19 heavy (non-hydrogen) atoms. The van der Waals surface area contributed by atoms with Crippen molar-refractivity contribution < 1.29 is 27.4 Å². The average molecular weight is 291 g/mol. The molecule has 0 atom stereocenters. The van der Waals surface area contributed by atoms with Gasteiger partial charge in [-0.25, -0.2) is 4.79 Å². The lowest BCUT2D eigenvalue weighted by Gasteiger charge is -2.13. The summed E-state index contributed by atoms with van der Waals surface area (Å²) in [7, 11) is 0. The SMILES string of the molecule is CCOC(=O)c1cc(C#N)c(S)c(OC(F)(F)F)c1. The molecule has 1 rings (SSSR count). The van der Waals surface area contributed by atoms with E-state index in [4.69, 9.17) is 5.26 Å². The third-order valence-electron chi connectivity index (χ3n) is 1.93. The van der Waals surface area contributed by atoms with Gasteiger partial charge in [0.25, 0.3) is 0 Å². The fraction of sp³-hybridized carbons (Fsp3) is 0.273. The fourth-order valence-corrected chi connectivity index (χ4v) is 1.45. The van der Waals surface area contributed by atoms with Crippen molar-refractivity contribution in [2.45, 2.75) is 18.2 Å². The Balaban J connectivity index is 3.27. The molecule has 0 aliphatic rings. The number of rotatable bonds is 3. The summed E-state index contributed by atoms with van der Waals surface area (Å²) in [5, 5.41) is 8.79. The van der Waals surface area contributed by atoms with Crippen LogP contribution in [0, 0.1) is 11.3 Å². The molecule has 0 amide bonds. The molecule has 102 valence electrons. The number of hydrogen-bond donors (Lipinski definition) is 1. The molecule has 0 aliphatic heterocycles. The van der Waals surface area contributed by atoms with Crippen molar-refractivity contribution in [2.24, 2.45) is 0 Å². The summed E-state index contributed by atoms with van der Waals surface area (Å²) in [6.45, 7) is 1.60. The first-order valence-electron chi connectivity index (χ1n) is 4.98. The number of hydrogen-bond acceptors (Lipinski definition) is 5. The number of carbonyl (C=O) groups is 1. The number of alkyl halides is 3. The molecular formula is C11H8F3NO3S. The number of halogens is 3. The molecular weight excluding hydrogens is 283 g/mol. The molecule has 0 fully saturated rings. The zero-order chi connectivity index (χ0) is 14.6. The first kappa shape index (κ1) is 15.2. The van der Waals surface area contributed by atoms with Gasteiger partial charge in [0.15, 0.2) is 0 Å². The van der Waals surface area contributed by atoms with Crippen LogP contribution in [0.25, 0.3) is 0 Å². The van der Waals surface area contributed by atoms with Gasteiger partial charge in [-0.1, -0.05) is 0 Å². The molecule has 0 aliphatic carbocycles. The van der Waals surface area contributed by atoms with Gasteiger partial charge in [-0.3, -0.25) is 0 Å². The highest BCUT2D eigenvalue weighted by molar-refractivity contribution is 7.80. The Labute approximate surface area is 112 Å². The first-order valence-corrected chi connectivity index (χ1v) is 5.43. The molecule has 0 aromatic heterocycles. The number of carbonyl (C=O) groups excluding carboxylic acids is 1. The second-order valence-electron chi connectivity index (χ2n) is 3.25. The Morgan fingerprint density at radius 3 is 2.58 bits per heavy atom. The predicted molar refractivity (Wildman–Crippen MR) is 61.0 cm³/mol. The summed E-state index contributed by atoms with van der Waals surface area (Å²) in [6.07, 6.45) is -4.95. The minimum absolute atomic E-state index is 0.0544. The molecule has 1 aromatic carbocycles. The molecule has 0 N–H and O–H groups in total. The van der Waals surface area contributed by atoms with Gasteiger partial charge in [0.2, 0.25) is 0 Å². The largest absolute Gasteiger partial charge is 0.573 e. The zero-order valence-electron chi connectivity index (χ0n) is 9.61. The molecule has 0 unspecified atom stereocenters. The molecule has 0 bridgehead atoms. The topological polar surface area (TPSA) is 59.3 Å². The van der Waals surface area contributed by atoms with Gasteiger partial charge in [0.1, 0.15) is 11.8 Å². The summed E-state index contributed by atoms with van der Waals surface area (Å²) in [4.78, 5) is 11.2. The van der Waals surface area contributed by atoms with E-state index in [1.54, 1.807) is 13.0 Å². The highest BCUT2D eigenvalue weighted by atomic mass is 32.1. The summed E-state index contributed by atoms with van der Waals surface area (Å²) >= 11 is 3.77. The Hall–Kier alpha value is -1.88. The number of benzene rings is 1. The van der Waals surface area contributed by atoms with Crippen molar-refractivity contribution in [3.8, 4) is 11.8 Å². The van der Waals surface area contributed by atoms with E-state index < -0.39 is 18.1 Å². The Kier molecular flexibility index (Phi) is 4.67. The van der Waals surface area contributed by atoms with Gasteiger partial charge in [-0.15, -0.1) is 25.8 Å². The van der Waals surface area contributed by atoms with Crippen LogP contribution in [0.3, 0.4) is 0 Å². The average Bonchev–Trinajstić information content (AvgIpc) is 2.30.